The van der Waals surface area contributed by atoms with Gasteiger partial charge in [0.25, 0.3) is 0 Å². The average molecular weight is 292 g/mol. The summed E-state index contributed by atoms with van der Waals surface area (Å²) >= 11 is 0. The van der Waals surface area contributed by atoms with Gasteiger partial charge in [-0.3, -0.25) is 0 Å². The summed E-state index contributed by atoms with van der Waals surface area (Å²) in [4.78, 5) is 2.34. The van der Waals surface area contributed by atoms with Gasteiger partial charge in [0.1, 0.15) is 11.4 Å². The molecule has 1 aromatic carbocycles. The second kappa shape index (κ2) is 8.40. The van der Waals surface area contributed by atoms with Gasteiger partial charge in [-0.25, -0.2) is 0 Å². The fraction of sp³-hybridized carbons (Fsp3) is 0.667. The summed E-state index contributed by atoms with van der Waals surface area (Å²) in [6.45, 7) is 10.4. The Kier molecular flexibility index (Phi) is 7.20. The van der Waals surface area contributed by atoms with Gasteiger partial charge in [0.2, 0.25) is 0 Å². The lowest BCUT2D eigenvalue weighted by Crippen LogP contribution is -2.50. The maximum Gasteiger partial charge on any atom is 0.131 e. The quantitative estimate of drug-likeness (QED) is 0.786. The van der Waals surface area contributed by atoms with E-state index in [1.165, 1.54) is 12.0 Å². The fourth-order valence-electron chi connectivity index (χ4n) is 2.81. The van der Waals surface area contributed by atoms with E-state index in [1.54, 1.807) is 0 Å². The lowest BCUT2D eigenvalue weighted by Gasteiger charge is -2.39. The Morgan fingerprint density at radius 3 is 2.24 bits per heavy atom. The van der Waals surface area contributed by atoms with Crippen LogP contribution in [0.4, 0.5) is 0 Å². The summed E-state index contributed by atoms with van der Waals surface area (Å²) in [5.41, 5.74) is 7.39. The highest BCUT2D eigenvalue weighted by atomic mass is 16.5. The van der Waals surface area contributed by atoms with Crippen molar-refractivity contribution in [2.24, 2.45) is 5.73 Å². The zero-order valence-electron chi connectivity index (χ0n) is 14.4. The van der Waals surface area contributed by atoms with E-state index in [4.69, 9.17) is 10.5 Å². The monoisotopic (exact) mass is 292 g/mol. The topological polar surface area (TPSA) is 38.5 Å². The number of rotatable bonds is 0. The van der Waals surface area contributed by atoms with E-state index in [0.717, 1.165) is 31.7 Å². The summed E-state index contributed by atoms with van der Waals surface area (Å²) in [6.07, 6.45) is 3.30. The highest BCUT2D eigenvalue weighted by Gasteiger charge is 2.47. The molecule has 1 aromatic rings. The molecule has 3 heteroatoms. The third-order valence-electron chi connectivity index (χ3n) is 3.97. The maximum absolute atomic E-state index is 6.36. The molecule has 3 rings (SSSR count). The number of likely N-dealkylation sites (tertiary alicyclic amines) is 1. The number of nitrogens with zero attached hydrogens (tertiary/aromatic N) is 1. The van der Waals surface area contributed by atoms with Crippen molar-refractivity contribution >= 4 is 0 Å². The van der Waals surface area contributed by atoms with Gasteiger partial charge < -0.3 is 15.4 Å². The minimum Gasteiger partial charge on any atom is -0.485 e. The van der Waals surface area contributed by atoms with E-state index in [2.05, 4.69) is 31.9 Å². The van der Waals surface area contributed by atoms with Gasteiger partial charge in [-0.15, -0.1) is 0 Å². The minimum atomic E-state index is -0.143. The summed E-state index contributed by atoms with van der Waals surface area (Å²) in [7, 11) is 2.15. The summed E-state index contributed by atoms with van der Waals surface area (Å²) < 4.78 is 6.14. The first-order valence-electron chi connectivity index (χ1n) is 8.35. The first-order valence-corrected chi connectivity index (χ1v) is 8.35. The normalized spacial score (nSPS) is 22.3. The van der Waals surface area contributed by atoms with Crippen molar-refractivity contribution in [3.05, 3.63) is 29.8 Å². The zero-order valence-corrected chi connectivity index (χ0v) is 14.4. The molecule has 0 radical (unpaired) electrons. The van der Waals surface area contributed by atoms with Gasteiger partial charge in [0.05, 0.1) is 6.04 Å². The summed E-state index contributed by atoms with van der Waals surface area (Å²) in [6, 6.07) is 8.21. The van der Waals surface area contributed by atoms with E-state index in [1.807, 2.05) is 32.0 Å². The Labute approximate surface area is 130 Å². The van der Waals surface area contributed by atoms with Gasteiger partial charge in [-0.1, -0.05) is 52.3 Å². The van der Waals surface area contributed by atoms with Gasteiger partial charge in [-0.05, 0) is 13.1 Å². The van der Waals surface area contributed by atoms with Crippen LogP contribution in [0.2, 0.25) is 0 Å². The van der Waals surface area contributed by atoms with Crippen molar-refractivity contribution in [1.29, 1.82) is 0 Å². The molecule has 2 aliphatic heterocycles. The van der Waals surface area contributed by atoms with E-state index >= 15 is 0 Å². The Bertz CT molecular complexity index is 411. The van der Waals surface area contributed by atoms with Crippen LogP contribution in [0.15, 0.2) is 24.3 Å². The van der Waals surface area contributed by atoms with Crippen LogP contribution in [0.1, 0.15) is 58.6 Å². The summed E-state index contributed by atoms with van der Waals surface area (Å²) in [5.74, 6) is 0.986. The van der Waals surface area contributed by atoms with Crippen molar-refractivity contribution in [2.45, 2.75) is 58.6 Å². The first-order chi connectivity index (χ1) is 10.1. The van der Waals surface area contributed by atoms with E-state index in [9.17, 15) is 0 Å². The van der Waals surface area contributed by atoms with Crippen molar-refractivity contribution in [3.63, 3.8) is 0 Å². The number of hydrogen-bond donors (Lipinski definition) is 1. The average Bonchev–Trinajstić information content (AvgIpc) is 2.79. The second-order valence-electron chi connectivity index (χ2n) is 5.69. The molecule has 21 heavy (non-hydrogen) atoms. The van der Waals surface area contributed by atoms with Gasteiger partial charge >= 0.3 is 0 Å². The predicted octanol–water partition coefficient (Wildman–Crippen LogP) is 3.99. The van der Waals surface area contributed by atoms with E-state index in [0.29, 0.717) is 0 Å². The molecular weight excluding hydrogens is 260 g/mol. The lowest BCUT2D eigenvalue weighted by atomic mass is 9.83. The maximum atomic E-state index is 6.36. The molecule has 1 atom stereocenters. The summed E-state index contributed by atoms with van der Waals surface area (Å²) in [5, 5.41) is 0. The zero-order chi connectivity index (χ0) is 15.9. The second-order valence-corrected chi connectivity index (χ2v) is 5.69. The van der Waals surface area contributed by atoms with Crippen LogP contribution in [0.5, 0.6) is 5.75 Å². The highest BCUT2D eigenvalue weighted by molar-refractivity contribution is 5.42. The smallest absolute Gasteiger partial charge is 0.131 e. The van der Waals surface area contributed by atoms with E-state index in [-0.39, 0.29) is 11.6 Å². The number of piperidine rings is 1. The van der Waals surface area contributed by atoms with Crippen molar-refractivity contribution in [2.75, 3.05) is 20.1 Å². The fourth-order valence-corrected chi connectivity index (χ4v) is 2.81. The van der Waals surface area contributed by atoms with Crippen LogP contribution in [-0.4, -0.2) is 30.6 Å². The van der Waals surface area contributed by atoms with Crippen LogP contribution in [0.3, 0.4) is 0 Å². The molecule has 1 saturated heterocycles. The van der Waals surface area contributed by atoms with Crippen LogP contribution in [0.25, 0.3) is 0 Å². The third-order valence-corrected chi connectivity index (χ3v) is 3.97. The van der Waals surface area contributed by atoms with Gasteiger partial charge in [0.15, 0.2) is 0 Å². The number of para-hydroxylation sites is 1. The molecule has 2 aliphatic rings. The minimum absolute atomic E-state index is 0.0393. The molecular formula is C18H32N2O. The van der Waals surface area contributed by atoms with Gasteiger partial charge in [-0.2, -0.15) is 0 Å². The van der Waals surface area contributed by atoms with E-state index < -0.39 is 0 Å². The molecule has 2 heterocycles. The largest absolute Gasteiger partial charge is 0.485 e. The van der Waals surface area contributed by atoms with Crippen molar-refractivity contribution in [3.8, 4) is 5.75 Å². The molecule has 2 N–H and O–H groups in total. The van der Waals surface area contributed by atoms with Crippen molar-refractivity contribution < 1.29 is 4.74 Å². The molecule has 0 aliphatic carbocycles. The van der Waals surface area contributed by atoms with Crippen LogP contribution >= 0.6 is 0 Å². The molecule has 3 nitrogen and oxygen atoms in total. The SMILES string of the molecule is CC.CCC.CN1CCC2(CC1)Oc1ccccc1[C@H]2N. The third kappa shape index (κ3) is 3.98. The van der Waals surface area contributed by atoms with Crippen LogP contribution in [-0.2, 0) is 0 Å². The molecule has 1 fully saturated rings. The molecule has 1 spiro atoms. The number of fused-ring (bicyclic) bond motifs is 1. The molecule has 120 valence electrons. The Hall–Kier alpha value is -1.06. The molecule has 0 unspecified atom stereocenters. The lowest BCUT2D eigenvalue weighted by molar-refractivity contribution is 0.00754. The number of nitrogens with two attached hydrogens (primary N) is 1. The highest BCUT2D eigenvalue weighted by Crippen LogP contribution is 2.46. The molecule has 0 bridgehead atoms. The first kappa shape index (κ1) is 18.0. The number of hydrogen-bond acceptors (Lipinski definition) is 3. The molecule has 0 aromatic heterocycles. The van der Waals surface area contributed by atoms with Gasteiger partial charge in [0, 0.05) is 31.5 Å². The van der Waals surface area contributed by atoms with Crippen LogP contribution < -0.4 is 10.5 Å². The number of benzene rings is 1. The Morgan fingerprint density at radius 2 is 1.71 bits per heavy atom. The molecule has 0 saturated carbocycles. The number of ether oxygens (including phenoxy) is 1. The molecule has 0 amide bonds. The Balaban J connectivity index is 0.000000395. The van der Waals surface area contributed by atoms with Crippen LogP contribution in [0, 0.1) is 0 Å². The standard InChI is InChI=1S/C13H18N2O.C3H8.C2H6/c1-15-8-6-13(7-9-15)12(14)10-4-2-3-5-11(10)16-13;1-3-2;1-2/h2-5,12H,6-9,14H2,1H3;3H2,1-2H3;1-2H3/t12-;;/m1../s1. The van der Waals surface area contributed by atoms with Crippen molar-refractivity contribution in [1.82, 2.24) is 4.90 Å². The predicted molar refractivity (Wildman–Crippen MR) is 90.8 cm³/mol. The Morgan fingerprint density at radius 1 is 1.19 bits per heavy atom.